The standard InChI is InChI=1S/C22H19BrF2N2O4/c1-12-18(13-2-4-14(5-3-13)21(29)26-8-9-28)20(19(23)22(30)27-12)31-11-15-6-7-16(24)10-17(15)25/h2-7,10,28H,8-9,11H2,1H3,(H,26,29)(H,27,30). The van der Waals surface area contributed by atoms with Crippen molar-refractivity contribution in [2.45, 2.75) is 13.5 Å². The van der Waals surface area contributed by atoms with E-state index in [1.165, 1.54) is 6.07 Å². The summed E-state index contributed by atoms with van der Waals surface area (Å²) in [6.45, 7) is 1.45. The van der Waals surface area contributed by atoms with Crippen LogP contribution in [0.2, 0.25) is 0 Å². The molecular weight excluding hydrogens is 474 g/mol. The number of aliphatic hydroxyl groups excluding tert-OH is 1. The van der Waals surface area contributed by atoms with Gasteiger partial charge in [0.05, 0.1) is 6.61 Å². The van der Waals surface area contributed by atoms with Gasteiger partial charge >= 0.3 is 0 Å². The summed E-state index contributed by atoms with van der Waals surface area (Å²) in [4.78, 5) is 27.0. The van der Waals surface area contributed by atoms with E-state index < -0.39 is 17.2 Å². The van der Waals surface area contributed by atoms with Crippen LogP contribution in [0.1, 0.15) is 21.6 Å². The third-order valence-corrected chi connectivity index (χ3v) is 5.24. The number of H-pyrrole nitrogens is 1. The van der Waals surface area contributed by atoms with Gasteiger partial charge in [-0.05, 0) is 52.7 Å². The second kappa shape index (κ2) is 9.84. The van der Waals surface area contributed by atoms with Crippen LogP contribution in [0.4, 0.5) is 8.78 Å². The summed E-state index contributed by atoms with van der Waals surface area (Å²) in [7, 11) is 0. The first-order valence-corrected chi connectivity index (χ1v) is 10.1. The third kappa shape index (κ3) is 5.18. The molecule has 9 heteroatoms. The average Bonchev–Trinajstić information content (AvgIpc) is 2.74. The molecule has 3 rings (SSSR count). The van der Waals surface area contributed by atoms with Gasteiger partial charge in [-0.25, -0.2) is 8.78 Å². The Kier molecular flexibility index (Phi) is 7.19. The van der Waals surface area contributed by atoms with Crippen LogP contribution < -0.4 is 15.6 Å². The molecule has 0 unspecified atom stereocenters. The average molecular weight is 493 g/mol. The number of halogens is 3. The maximum absolute atomic E-state index is 14.0. The first-order valence-electron chi connectivity index (χ1n) is 9.30. The van der Waals surface area contributed by atoms with E-state index in [4.69, 9.17) is 9.84 Å². The molecule has 1 aromatic heterocycles. The number of aliphatic hydroxyl groups is 1. The van der Waals surface area contributed by atoms with Crippen LogP contribution in [0.15, 0.2) is 51.7 Å². The van der Waals surface area contributed by atoms with Gasteiger partial charge in [0.2, 0.25) is 0 Å². The van der Waals surface area contributed by atoms with Gasteiger partial charge in [0, 0.05) is 35.0 Å². The number of ether oxygens (including phenoxy) is 1. The molecule has 0 aliphatic carbocycles. The number of aromatic nitrogens is 1. The highest BCUT2D eigenvalue weighted by molar-refractivity contribution is 9.10. The molecule has 1 amide bonds. The molecule has 0 bridgehead atoms. The maximum Gasteiger partial charge on any atom is 0.266 e. The predicted molar refractivity (Wildman–Crippen MR) is 115 cm³/mol. The van der Waals surface area contributed by atoms with Crippen molar-refractivity contribution >= 4 is 21.8 Å². The monoisotopic (exact) mass is 492 g/mol. The molecule has 31 heavy (non-hydrogen) atoms. The molecular formula is C22H19BrF2N2O4. The molecule has 0 spiro atoms. The van der Waals surface area contributed by atoms with Gasteiger partial charge in [-0.2, -0.15) is 0 Å². The molecule has 0 radical (unpaired) electrons. The lowest BCUT2D eigenvalue weighted by Gasteiger charge is -2.16. The van der Waals surface area contributed by atoms with E-state index in [0.29, 0.717) is 22.4 Å². The van der Waals surface area contributed by atoms with Gasteiger partial charge in [0.1, 0.15) is 28.5 Å². The lowest BCUT2D eigenvalue weighted by Crippen LogP contribution is -2.26. The minimum atomic E-state index is -0.752. The molecule has 0 saturated heterocycles. The van der Waals surface area contributed by atoms with Crippen molar-refractivity contribution in [3.8, 4) is 16.9 Å². The Hall–Kier alpha value is -3.04. The lowest BCUT2D eigenvalue weighted by molar-refractivity contribution is 0.0945. The summed E-state index contributed by atoms with van der Waals surface area (Å²) in [5, 5.41) is 11.4. The lowest BCUT2D eigenvalue weighted by atomic mass is 10.0. The van der Waals surface area contributed by atoms with Crippen LogP contribution >= 0.6 is 15.9 Å². The molecule has 1 heterocycles. The number of carbonyl (C=O) groups excluding carboxylic acids is 1. The van der Waals surface area contributed by atoms with Gasteiger partial charge in [0.25, 0.3) is 11.5 Å². The second-order valence-electron chi connectivity index (χ2n) is 6.68. The van der Waals surface area contributed by atoms with Gasteiger partial charge < -0.3 is 20.1 Å². The Morgan fingerprint density at radius 3 is 2.55 bits per heavy atom. The minimum absolute atomic E-state index is 0.125. The van der Waals surface area contributed by atoms with Gasteiger partial charge in [0.15, 0.2) is 0 Å². The molecule has 162 valence electrons. The van der Waals surface area contributed by atoms with Crippen LogP contribution in [-0.4, -0.2) is 29.1 Å². The zero-order valence-corrected chi connectivity index (χ0v) is 18.1. The fourth-order valence-corrected chi connectivity index (χ4v) is 3.41. The number of nitrogens with one attached hydrogen (secondary N) is 2. The van der Waals surface area contributed by atoms with E-state index >= 15 is 0 Å². The first-order chi connectivity index (χ1) is 14.8. The normalized spacial score (nSPS) is 10.7. The molecule has 3 N–H and O–H groups in total. The maximum atomic E-state index is 14.0. The molecule has 0 atom stereocenters. The quantitative estimate of drug-likeness (QED) is 0.469. The highest BCUT2D eigenvalue weighted by Gasteiger charge is 2.18. The van der Waals surface area contributed by atoms with Crippen LogP contribution in [0, 0.1) is 18.6 Å². The van der Waals surface area contributed by atoms with E-state index in [-0.39, 0.29) is 41.5 Å². The van der Waals surface area contributed by atoms with E-state index in [9.17, 15) is 18.4 Å². The Balaban J connectivity index is 1.96. The van der Waals surface area contributed by atoms with E-state index in [2.05, 4.69) is 26.2 Å². The summed E-state index contributed by atoms with van der Waals surface area (Å²) >= 11 is 3.22. The number of pyridine rings is 1. The number of carbonyl (C=O) groups is 1. The van der Waals surface area contributed by atoms with Crippen LogP contribution in [0.3, 0.4) is 0 Å². The Labute approximate surface area is 185 Å². The van der Waals surface area contributed by atoms with Crippen molar-refractivity contribution in [2.24, 2.45) is 0 Å². The number of hydrogen-bond acceptors (Lipinski definition) is 4. The van der Waals surface area contributed by atoms with Crippen LogP contribution in [0.25, 0.3) is 11.1 Å². The van der Waals surface area contributed by atoms with E-state index in [1.54, 1.807) is 31.2 Å². The summed E-state index contributed by atoms with van der Waals surface area (Å²) in [6, 6.07) is 9.74. The molecule has 0 aliphatic heterocycles. The van der Waals surface area contributed by atoms with Gasteiger partial charge in [-0.1, -0.05) is 12.1 Å². The smallest absolute Gasteiger partial charge is 0.266 e. The van der Waals surface area contributed by atoms with Crippen molar-refractivity contribution in [1.82, 2.24) is 10.3 Å². The number of aromatic amines is 1. The zero-order valence-electron chi connectivity index (χ0n) is 16.5. The number of amides is 1. The summed E-state index contributed by atoms with van der Waals surface area (Å²) in [5.74, 6) is -1.58. The SMILES string of the molecule is Cc1[nH]c(=O)c(Br)c(OCc2ccc(F)cc2F)c1-c1ccc(C(=O)NCCO)cc1. The van der Waals surface area contributed by atoms with Crippen molar-refractivity contribution in [3.63, 3.8) is 0 Å². The Bertz CT molecular complexity index is 1160. The van der Waals surface area contributed by atoms with E-state index in [1.807, 2.05) is 0 Å². The first kappa shape index (κ1) is 22.6. The van der Waals surface area contributed by atoms with Crippen molar-refractivity contribution in [1.29, 1.82) is 0 Å². The topological polar surface area (TPSA) is 91.4 Å². The zero-order chi connectivity index (χ0) is 22.5. The highest BCUT2D eigenvalue weighted by atomic mass is 79.9. The van der Waals surface area contributed by atoms with Crippen molar-refractivity contribution in [3.05, 3.63) is 85.7 Å². The Morgan fingerprint density at radius 2 is 1.90 bits per heavy atom. The molecule has 3 aromatic rings. The minimum Gasteiger partial charge on any atom is -0.487 e. The Morgan fingerprint density at radius 1 is 1.19 bits per heavy atom. The van der Waals surface area contributed by atoms with Crippen molar-refractivity contribution in [2.75, 3.05) is 13.2 Å². The molecule has 2 aromatic carbocycles. The largest absolute Gasteiger partial charge is 0.487 e. The van der Waals surface area contributed by atoms with Crippen LogP contribution in [0.5, 0.6) is 5.75 Å². The third-order valence-electron chi connectivity index (χ3n) is 4.52. The number of rotatable bonds is 7. The molecule has 0 aliphatic rings. The second-order valence-corrected chi connectivity index (χ2v) is 7.47. The number of aryl methyl sites for hydroxylation is 1. The van der Waals surface area contributed by atoms with Crippen molar-refractivity contribution < 1.29 is 23.4 Å². The predicted octanol–water partition coefficient (Wildman–Crippen LogP) is 3.69. The fraction of sp³-hybridized carbons (Fsp3) is 0.182. The summed E-state index contributed by atoms with van der Waals surface area (Å²) < 4.78 is 33.1. The molecule has 0 fully saturated rings. The number of benzene rings is 2. The summed E-state index contributed by atoms with van der Waals surface area (Å²) in [6.07, 6.45) is 0. The molecule has 0 saturated carbocycles. The van der Waals surface area contributed by atoms with Crippen LogP contribution in [-0.2, 0) is 6.61 Å². The fourth-order valence-electron chi connectivity index (χ4n) is 3.00. The molecule has 6 nitrogen and oxygen atoms in total. The highest BCUT2D eigenvalue weighted by Crippen LogP contribution is 2.37. The van der Waals surface area contributed by atoms with Gasteiger partial charge in [-0.3, -0.25) is 9.59 Å². The summed E-state index contributed by atoms with van der Waals surface area (Å²) in [5.41, 5.74) is 1.83. The number of hydrogen-bond donors (Lipinski definition) is 3. The van der Waals surface area contributed by atoms with Gasteiger partial charge in [-0.15, -0.1) is 0 Å². The van der Waals surface area contributed by atoms with E-state index in [0.717, 1.165) is 12.1 Å².